The Kier molecular flexibility index (Phi) is 7.49. The molecular formula is C22H20Cl2N2O3. The van der Waals surface area contributed by atoms with Gasteiger partial charge >= 0.3 is 0 Å². The minimum Gasteiger partial charge on any atom is -0.456 e. The first kappa shape index (κ1) is 21.1. The van der Waals surface area contributed by atoms with Crippen LogP contribution in [0.3, 0.4) is 0 Å². The van der Waals surface area contributed by atoms with Crippen molar-refractivity contribution < 1.29 is 14.3 Å². The van der Waals surface area contributed by atoms with Crippen molar-refractivity contribution in [2.45, 2.75) is 12.6 Å². The second-order valence-electron chi connectivity index (χ2n) is 6.30. The van der Waals surface area contributed by atoms with Crippen molar-refractivity contribution in [3.8, 4) is 11.5 Å². The smallest absolute Gasteiger partial charge is 0.243 e. The number of ether oxygens (including phenoxy) is 2. The van der Waals surface area contributed by atoms with Gasteiger partial charge in [-0.1, -0.05) is 53.5 Å². The number of hydrogen-bond donors (Lipinski definition) is 2. The van der Waals surface area contributed by atoms with E-state index in [9.17, 15) is 4.79 Å². The summed E-state index contributed by atoms with van der Waals surface area (Å²) in [6.45, 7) is 0.497. The second kappa shape index (κ2) is 10.3. The van der Waals surface area contributed by atoms with Crippen molar-refractivity contribution >= 4 is 34.8 Å². The highest BCUT2D eigenvalue weighted by atomic mass is 35.5. The predicted molar refractivity (Wildman–Crippen MR) is 116 cm³/mol. The molecule has 3 rings (SSSR count). The monoisotopic (exact) mass is 430 g/mol. The summed E-state index contributed by atoms with van der Waals surface area (Å²) < 4.78 is 11.2. The molecule has 0 aliphatic carbocycles. The Bertz CT molecular complexity index is 950. The first-order valence-corrected chi connectivity index (χ1v) is 9.68. The van der Waals surface area contributed by atoms with Gasteiger partial charge < -0.3 is 20.5 Å². The van der Waals surface area contributed by atoms with Gasteiger partial charge in [0.2, 0.25) is 5.91 Å². The van der Waals surface area contributed by atoms with Gasteiger partial charge in [0.1, 0.15) is 17.5 Å². The zero-order valence-corrected chi connectivity index (χ0v) is 17.0. The largest absolute Gasteiger partial charge is 0.456 e. The molecule has 1 atom stereocenters. The van der Waals surface area contributed by atoms with Crippen LogP contribution >= 0.6 is 23.2 Å². The molecule has 0 fully saturated rings. The van der Waals surface area contributed by atoms with E-state index in [1.54, 1.807) is 42.5 Å². The third-order valence-electron chi connectivity index (χ3n) is 3.99. The molecule has 29 heavy (non-hydrogen) atoms. The number of nitrogens with two attached hydrogens (primary N) is 1. The Morgan fingerprint density at radius 2 is 1.72 bits per heavy atom. The van der Waals surface area contributed by atoms with Crippen molar-refractivity contribution in [2.24, 2.45) is 5.73 Å². The number of hydrogen-bond acceptors (Lipinski definition) is 4. The summed E-state index contributed by atoms with van der Waals surface area (Å²) in [6.07, 6.45) is 0. The van der Waals surface area contributed by atoms with Crippen LogP contribution < -0.4 is 15.8 Å². The molecule has 3 N–H and O–H groups in total. The van der Waals surface area contributed by atoms with Gasteiger partial charge in [-0.25, -0.2) is 0 Å². The molecule has 0 spiro atoms. The maximum Gasteiger partial charge on any atom is 0.243 e. The van der Waals surface area contributed by atoms with Crippen LogP contribution in [0.15, 0.2) is 72.8 Å². The highest BCUT2D eigenvalue weighted by Crippen LogP contribution is 2.32. The molecule has 3 aromatic carbocycles. The molecule has 7 heteroatoms. The number of rotatable bonds is 8. The average Bonchev–Trinajstić information content (AvgIpc) is 2.72. The Morgan fingerprint density at radius 1 is 1.00 bits per heavy atom. The van der Waals surface area contributed by atoms with E-state index in [1.807, 2.05) is 30.3 Å². The molecule has 0 aromatic heterocycles. The Balaban J connectivity index is 1.51. The van der Waals surface area contributed by atoms with Gasteiger partial charge in [-0.3, -0.25) is 4.79 Å². The van der Waals surface area contributed by atoms with Crippen molar-refractivity contribution in [2.75, 3.05) is 11.9 Å². The van der Waals surface area contributed by atoms with Crippen molar-refractivity contribution in [3.05, 3.63) is 88.4 Å². The molecule has 0 heterocycles. The zero-order valence-electron chi connectivity index (χ0n) is 15.5. The van der Waals surface area contributed by atoms with Crippen molar-refractivity contribution in [3.63, 3.8) is 0 Å². The highest BCUT2D eigenvalue weighted by molar-refractivity contribution is 6.32. The lowest BCUT2D eigenvalue weighted by Crippen LogP contribution is -2.39. The fourth-order valence-electron chi connectivity index (χ4n) is 2.48. The summed E-state index contributed by atoms with van der Waals surface area (Å²) >= 11 is 12.1. The third kappa shape index (κ3) is 6.48. The van der Waals surface area contributed by atoms with Crippen LogP contribution in [0.2, 0.25) is 10.0 Å². The van der Waals surface area contributed by atoms with Crippen LogP contribution in [-0.2, 0) is 16.1 Å². The van der Waals surface area contributed by atoms with E-state index in [4.69, 9.17) is 38.4 Å². The normalized spacial score (nSPS) is 11.7. The van der Waals surface area contributed by atoms with Gasteiger partial charge in [-0.15, -0.1) is 0 Å². The topological polar surface area (TPSA) is 73.6 Å². The molecule has 0 aliphatic heterocycles. The summed E-state index contributed by atoms with van der Waals surface area (Å²) in [7, 11) is 0. The summed E-state index contributed by atoms with van der Waals surface area (Å²) in [5.74, 6) is 0.702. The lowest BCUT2D eigenvalue weighted by atomic mass is 10.2. The molecule has 0 radical (unpaired) electrons. The number of amides is 1. The van der Waals surface area contributed by atoms with Gasteiger partial charge in [0, 0.05) is 10.7 Å². The summed E-state index contributed by atoms with van der Waals surface area (Å²) in [6, 6.07) is 20.8. The quantitative estimate of drug-likeness (QED) is 0.510. The van der Waals surface area contributed by atoms with E-state index in [0.717, 1.165) is 5.56 Å². The molecule has 0 aliphatic rings. The zero-order chi connectivity index (χ0) is 20.6. The molecule has 0 saturated heterocycles. The summed E-state index contributed by atoms with van der Waals surface area (Å²) in [4.78, 5) is 12.3. The standard InChI is InChI=1S/C22H20Cl2N2O3/c23-16-6-9-18(10-7-16)29-21-11-8-17(12-19(21)24)26-22(27)20(25)14-28-13-15-4-2-1-3-5-15/h1-12,20H,13-14,25H2,(H,26,27). The van der Waals surface area contributed by atoms with E-state index in [1.165, 1.54) is 0 Å². The molecule has 3 aromatic rings. The van der Waals surface area contributed by atoms with Gasteiger partial charge in [-0.2, -0.15) is 0 Å². The van der Waals surface area contributed by atoms with Crippen LogP contribution in [0.4, 0.5) is 5.69 Å². The van der Waals surface area contributed by atoms with Gasteiger partial charge in [0.15, 0.2) is 0 Å². The minimum atomic E-state index is -0.803. The second-order valence-corrected chi connectivity index (χ2v) is 7.14. The molecule has 150 valence electrons. The molecule has 5 nitrogen and oxygen atoms in total. The number of carbonyl (C=O) groups excluding carboxylic acids is 1. The van der Waals surface area contributed by atoms with Gasteiger partial charge in [0.25, 0.3) is 0 Å². The molecular weight excluding hydrogens is 411 g/mol. The van der Waals surface area contributed by atoms with Crippen LogP contribution in [-0.4, -0.2) is 18.6 Å². The van der Waals surface area contributed by atoms with E-state index < -0.39 is 6.04 Å². The summed E-state index contributed by atoms with van der Waals surface area (Å²) in [5, 5.41) is 3.70. The Hall–Kier alpha value is -2.57. The van der Waals surface area contributed by atoms with E-state index >= 15 is 0 Å². The first-order chi connectivity index (χ1) is 14.0. The summed E-state index contributed by atoms with van der Waals surface area (Å²) in [5.41, 5.74) is 7.44. The fraction of sp³-hybridized carbons (Fsp3) is 0.136. The van der Waals surface area contributed by atoms with Crippen molar-refractivity contribution in [1.82, 2.24) is 0 Å². The average molecular weight is 431 g/mol. The third-order valence-corrected chi connectivity index (χ3v) is 4.53. The maximum absolute atomic E-state index is 12.3. The number of carbonyl (C=O) groups is 1. The first-order valence-electron chi connectivity index (χ1n) is 8.92. The lowest BCUT2D eigenvalue weighted by Gasteiger charge is -2.14. The SMILES string of the molecule is NC(COCc1ccccc1)C(=O)Nc1ccc(Oc2ccc(Cl)cc2)c(Cl)c1. The van der Waals surface area contributed by atoms with Crippen LogP contribution in [0.5, 0.6) is 11.5 Å². The molecule has 1 unspecified atom stereocenters. The lowest BCUT2D eigenvalue weighted by molar-refractivity contribution is -0.118. The number of nitrogens with one attached hydrogen (secondary N) is 1. The van der Waals surface area contributed by atoms with Crippen LogP contribution in [0.25, 0.3) is 0 Å². The highest BCUT2D eigenvalue weighted by Gasteiger charge is 2.15. The maximum atomic E-state index is 12.3. The van der Waals surface area contributed by atoms with Crippen molar-refractivity contribution in [1.29, 1.82) is 0 Å². The van der Waals surface area contributed by atoms with Crippen LogP contribution in [0.1, 0.15) is 5.56 Å². The van der Waals surface area contributed by atoms with E-state index in [0.29, 0.717) is 33.8 Å². The number of benzene rings is 3. The molecule has 1 amide bonds. The number of halogens is 2. The predicted octanol–water partition coefficient (Wildman–Crippen LogP) is 5.27. The Labute approximate surface area is 179 Å². The number of anilines is 1. The fourth-order valence-corrected chi connectivity index (χ4v) is 2.82. The molecule has 0 bridgehead atoms. The minimum absolute atomic E-state index is 0.103. The van der Waals surface area contributed by atoms with Gasteiger partial charge in [0.05, 0.1) is 18.2 Å². The van der Waals surface area contributed by atoms with Crippen LogP contribution in [0, 0.1) is 0 Å². The van der Waals surface area contributed by atoms with E-state index in [2.05, 4.69) is 5.32 Å². The van der Waals surface area contributed by atoms with Gasteiger partial charge in [-0.05, 0) is 48.0 Å². The molecule has 0 saturated carbocycles. The van der Waals surface area contributed by atoms with E-state index in [-0.39, 0.29) is 12.5 Å². The Morgan fingerprint density at radius 3 is 2.41 bits per heavy atom.